The highest BCUT2D eigenvalue weighted by Gasteiger charge is 2.43. The molecule has 0 spiro atoms. The number of halogens is 3. The molecule has 0 aliphatic heterocycles. The van der Waals surface area contributed by atoms with Crippen LogP contribution in [0.25, 0.3) is 0 Å². The van der Waals surface area contributed by atoms with Crippen molar-refractivity contribution in [1.82, 2.24) is 5.32 Å². The van der Waals surface area contributed by atoms with Gasteiger partial charge in [-0.15, -0.1) is 0 Å². The number of alkyl halides is 3. The minimum atomic E-state index is -4.04. The number of rotatable bonds is 4. The predicted octanol–water partition coefficient (Wildman–Crippen LogP) is 4.85. The SMILES string of the molecule is FC(F)(F)C1CCCC(NC(c2ccccc2)C2CC2)C1. The molecule has 21 heavy (non-hydrogen) atoms. The Kier molecular flexibility index (Phi) is 4.25. The molecule has 0 amide bonds. The van der Waals surface area contributed by atoms with Gasteiger partial charge in [-0.3, -0.25) is 0 Å². The van der Waals surface area contributed by atoms with Crippen molar-refractivity contribution in [3.8, 4) is 0 Å². The van der Waals surface area contributed by atoms with E-state index in [1.54, 1.807) is 0 Å². The zero-order valence-electron chi connectivity index (χ0n) is 12.1. The van der Waals surface area contributed by atoms with Crippen molar-refractivity contribution in [2.45, 2.75) is 56.8 Å². The van der Waals surface area contributed by atoms with Gasteiger partial charge in [-0.2, -0.15) is 13.2 Å². The van der Waals surface area contributed by atoms with Crippen LogP contribution in [0.4, 0.5) is 13.2 Å². The van der Waals surface area contributed by atoms with Crippen LogP contribution in [0, 0.1) is 11.8 Å². The highest BCUT2D eigenvalue weighted by molar-refractivity contribution is 5.21. The van der Waals surface area contributed by atoms with Crippen molar-refractivity contribution in [3.63, 3.8) is 0 Å². The second-order valence-corrected chi connectivity index (χ2v) is 6.49. The van der Waals surface area contributed by atoms with E-state index in [0.717, 1.165) is 6.42 Å². The van der Waals surface area contributed by atoms with Gasteiger partial charge in [-0.05, 0) is 43.6 Å². The predicted molar refractivity (Wildman–Crippen MR) is 76.8 cm³/mol. The van der Waals surface area contributed by atoms with E-state index in [2.05, 4.69) is 17.4 Å². The van der Waals surface area contributed by atoms with Crippen molar-refractivity contribution < 1.29 is 13.2 Å². The molecule has 0 saturated heterocycles. The molecule has 1 N–H and O–H groups in total. The summed E-state index contributed by atoms with van der Waals surface area (Å²) < 4.78 is 38.8. The van der Waals surface area contributed by atoms with E-state index in [4.69, 9.17) is 0 Å². The number of hydrogen-bond acceptors (Lipinski definition) is 1. The summed E-state index contributed by atoms with van der Waals surface area (Å²) in [7, 11) is 0. The lowest BCUT2D eigenvalue weighted by atomic mass is 9.84. The maximum Gasteiger partial charge on any atom is 0.391 e. The van der Waals surface area contributed by atoms with Gasteiger partial charge in [0.25, 0.3) is 0 Å². The molecule has 2 aliphatic rings. The van der Waals surface area contributed by atoms with Crippen molar-refractivity contribution in [3.05, 3.63) is 35.9 Å². The Bertz CT molecular complexity index is 453. The van der Waals surface area contributed by atoms with Gasteiger partial charge in [-0.25, -0.2) is 0 Å². The van der Waals surface area contributed by atoms with Gasteiger partial charge >= 0.3 is 6.18 Å². The topological polar surface area (TPSA) is 12.0 Å². The molecule has 116 valence electrons. The van der Waals surface area contributed by atoms with Gasteiger partial charge in [-0.1, -0.05) is 36.8 Å². The Balaban J connectivity index is 1.66. The molecule has 3 atom stereocenters. The fourth-order valence-corrected chi connectivity index (χ4v) is 3.49. The van der Waals surface area contributed by atoms with Gasteiger partial charge in [0.15, 0.2) is 0 Å². The molecule has 1 aromatic rings. The monoisotopic (exact) mass is 297 g/mol. The van der Waals surface area contributed by atoms with E-state index in [9.17, 15) is 13.2 Å². The summed E-state index contributed by atoms with van der Waals surface area (Å²) in [5, 5.41) is 3.54. The van der Waals surface area contributed by atoms with E-state index in [0.29, 0.717) is 18.8 Å². The average molecular weight is 297 g/mol. The Hall–Kier alpha value is -1.03. The van der Waals surface area contributed by atoms with Crippen LogP contribution in [0.5, 0.6) is 0 Å². The van der Waals surface area contributed by atoms with E-state index in [1.165, 1.54) is 18.4 Å². The van der Waals surface area contributed by atoms with E-state index < -0.39 is 12.1 Å². The molecule has 0 radical (unpaired) electrons. The molecule has 3 unspecified atom stereocenters. The first kappa shape index (κ1) is 14.9. The highest BCUT2D eigenvalue weighted by Crippen LogP contribution is 2.43. The van der Waals surface area contributed by atoms with Crippen LogP contribution in [0.15, 0.2) is 30.3 Å². The number of hydrogen-bond donors (Lipinski definition) is 1. The molecular formula is C17H22F3N. The Morgan fingerprint density at radius 3 is 2.33 bits per heavy atom. The Morgan fingerprint density at radius 2 is 1.71 bits per heavy atom. The third-order valence-corrected chi connectivity index (χ3v) is 4.80. The van der Waals surface area contributed by atoms with Gasteiger partial charge in [0.2, 0.25) is 0 Å². The van der Waals surface area contributed by atoms with Crippen LogP contribution < -0.4 is 5.32 Å². The summed E-state index contributed by atoms with van der Waals surface area (Å²) in [5.74, 6) is -0.530. The van der Waals surface area contributed by atoms with E-state index in [1.807, 2.05) is 18.2 Å². The molecule has 0 aromatic heterocycles. The lowest BCUT2D eigenvalue weighted by Crippen LogP contribution is -2.41. The number of nitrogens with one attached hydrogen (secondary N) is 1. The maximum atomic E-state index is 12.9. The van der Waals surface area contributed by atoms with Crippen LogP contribution in [0.2, 0.25) is 0 Å². The summed E-state index contributed by atoms with van der Waals surface area (Å²) in [6.45, 7) is 0. The molecule has 1 aromatic carbocycles. The summed E-state index contributed by atoms with van der Waals surface area (Å²) in [6, 6.07) is 10.4. The fraction of sp³-hybridized carbons (Fsp3) is 0.647. The molecule has 2 fully saturated rings. The standard InChI is InChI=1S/C17H22F3N/c18-17(19,20)14-7-4-8-15(11-14)21-16(13-9-10-13)12-5-2-1-3-6-12/h1-3,5-6,13-16,21H,4,7-11H2. The molecule has 2 aliphatic carbocycles. The van der Waals surface area contributed by atoms with Gasteiger partial charge in [0.05, 0.1) is 5.92 Å². The third-order valence-electron chi connectivity index (χ3n) is 4.80. The minimum Gasteiger partial charge on any atom is -0.307 e. The lowest BCUT2D eigenvalue weighted by molar-refractivity contribution is -0.183. The largest absolute Gasteiger partial charge is 0.391 e. The number of benzene rings is 1. The first-order chi connectivity index (χ1) is 10.0. The van der Waals surface area contributed by atoms with Crippen molar-refractivity contribution in [2.75, 3.05) is 0 Å². The van der Waals surface area contributed by atoms with Gasteiger partial charge in [0.1, 0.15) is 0 Å². The van der Waals surface area contributed by atoms with E-state index >= 15 is 0 Å². The first-order valence-corrected chi connectivity index (χ1v) is 7.92. The smallest absolute Gasteiger partial charge is 0.307 e. The first-order valence-electron chi connectivity index (χ1n) is 7.92. The minimum absolute atomic E-state index is 0.00354. The van der Waals surface area contributed by atoms with Crippen LogP contribution >= 0.6 is 0 Å². The van der Waals surface area contributed by atoms with Crippen LogP contribution in [0.1, 0.15) is 50.1 Å². The summed E-state index contributed by atoms with van der Waals surface area (Å²) >= 11 is 0. The maximum absolute atomic E-state index is 12.9. The van der Waals surface area contributed by atoms with Crippen molar-refractivity contribution >= 4 is 0 Å². The van der Waals surface area contributed by atoms with E-state index in [-0.39, 0.29) is 18.5 Å². The molecule has 0 heterocycles. The van der Waals surface area contributed by atoms with Crippen molar-refractivity contribution in [2.24, 2.45) is 11.8 Å². The average Bonchev–Trinajstić information content (AvgIpc) is 3.30. The molecule has 3 rings (SSSR count). The van der Waals surface area contributed by atoms with Gasteiger partial charge in [0, 0.05) is 12.1 Å². The Labute approximate surface area is 123 Å². The second kappa shape index (κ2) is 5.99. The summed E-state index contributed by atoms with van der Waals surface area (Å²) in [4.78, 5) is 0. The highest BCUT2D eigenvalue weighted by atomic mass is 19.4. The molecule has 0 bridgehead atoms. The van der Waals surface area contributed by atoms with Gasteiger partial charge < -0.3 is 5.32 Å². The summed E-state index contributed by atoms with van der Waals surface area (Å²) in [5.41, 5.74) is 1.22. The zero-order chi connectivity index (χ0) is 14.9. The molecule has 1 nitrogen and oxygen atoms in total. The fourth-order valence-electron chi connectivity index (χ4n) is 3.49. The summed E-state index contributed by atoms with van der Waals surface area (Å²) in [6.07, 6.45) is 0.392. The molecule has 4 heteroatoms. The molecule has 2 saturated carbocycles. The lowest BCUT2D eigenvalue weighted by Gasteiger charge is -2.34. The van der Waals surface area contributed by atoms with Crippen LogP contribution in [-0.2, 0) is 0 Å². The third kappa shape index (κ3) is 3.79. The zero-order valence-corrected chi connectivity index (χ0v) is 12.1. The molecular weight excluding hydrogens is 275 g/mol. The Morgan fingerprint density at radius 1 is 1.00 bits per heavy atom. The van der Waals surface area contributed by atoms with Crippen molar-refractivity contribution in [1.29, 1.82) is 0 Å². The van der Waals surface area contributed by atoms with Crippen LogP contribution in [-0.4, -0.2) is 12.2 Å². The normalized spacial score (nSPS) is 28.3. The second-order valence-electron chi connectivity index (χ2n) is 6.49. The quantitative estimate of drug-likeness (QED) is 0.838. The van der Waals surface area contributed by atoms with Crippen LogP contribution in [0.3, 0.4) is 0 Å².